The first-order valence-corrected chi connectivity index (χ1v) is 6.46. The topological polar surface area (TPSA) is 15.3 Å². The quantitative estimate of drug-likeness (QED) is 0.429. The molecule has 0 rings (SSSR count). The SMILES string of the molecule is C=CCN(CC=C)C(CCC)CNCCC. The number of hydrogen-bond donors (Lipinski definition) is 1. The normalized spacial score (nSPS) is 12.7. The van der Waals surface area contributed by atoms with Crippen LogP contribution < -0.4 is 5.32 Å². The molecule has 0 aliphatic carbocycles. The van der Waals surface area contributed by atoms with Crippen molar-refractivity contribution in [1.29, 1.82) is 0 Å². The molecule has 1 atom stereocenters. The smallest absolute Gasteiger partial charge is 0.0227 e. The third-order valence-corrected chi connectivity index (χ3v) is 2.67. The van der Waals surface area contributed by atoms with E-state index in [2.05, 4.69) is 37.2 Å². The Labute approximate surface area is 101 Å². The van der Waals surface area contributed by atoms with E-state index in [1.54, 1.807) is 0 Å². The number of hydrogen-bond acceptors (Lipinski definition) is 2. The second kappa shape index (κ2) is 10.9. The Morgan fingerprint density at radius 1 is 1.12 bits per heavy atom. The van der Waals surface area contributed by atoms with Crippen molar-refractivity contribution in [2.45, 2.75) is 39.2 Å². The molecule has 0 bridgehead atoms. The van der Waals surface area contributed by atoms with Crippen LogP contribution in [0.4, 0.5) is 0 Å². The molecule has 2 heteroatoms. The minimum Gasteiger partial charge on any atom is -0.315 e. The van der Waals surface area contributed by atoms with Gasteiger partial charge in [-0.05, 0) is 19.4 Å². The van der Waals surface area contributed by atoms with Crippen molar-refractivity contribution in [3.63, 3.8) is 0 Å². The van der Waals surface area contributed by atoms with Crippen LogP contribution in [-0.2, 0) is 0 Å². The zero-order valence-corrected chi connectivity index (χ0v) is 11.0. The van der Waals surface area contributed by atoms with Crippen LogP contribution in [0, 0.1) is 0 Å². The fourth-order valence-corrected chi connectivity index (χ4v) is 1.90. The summed E-state index contributed by atoms with van der Waals surface area (Å²) in [6.45, 7) is 16.2. The maximum absolute atomic E-state index is 3.83. The minimum atomic E-state index is 0.604. The molecule has 0 radical (unpaired) electrons. The van der Waals surface area contributed by atoms with Gasteiger partial charge in [-0.2, -0.15) is 0 Å². The molecule has 16 heavy (non-hydrogen) atoms. The van der Waals surface area contributed by atoms with Crippen molar-refractivity contribution in [3.05, 3.63) is 25.3 Å². The molecule has 0 aromatic rings. The lowest BCUT2D eigenvalue weighted by Crippen LogP contribution is -2.42. The summed E-state index contributed by atoms with van der Waals surface area (Å²) in [6.07, 6.45) is 7.61. The van der Waals surface area contributed by atoms with Crippen molar-refractivity contribution >= 4 is 0 Å². The first-order chi connectivity index (χ1) is 7.79. The zero-order chi connectivity index (χ0) is 12.2. The summed E-state index contributed by atoms with van der Waals surface area (Å²) in [5.41, 5.74) is 0. The molecule has 0 aliphatic rings. The van der Waals surface area contributed by atoms with Crippen LogP contribution in [0.5, 0.6) is 0 Å². The summed E-state index contributed by atoms with van der Waals surface area (Å²) in [7, 11) is 0. The van der Waals surface area contributed by atoms with Gasteiger partial charge in [0, 0.05) is 25.7 Å². The van der Waals surface area contributed by atoms with Gasteiger partial charge in [0.2, 0.25) is 0 Å². The monoisotopic (exact) mass is 224 g/mol. The average molecular weight is 224 g/mol. The largest absolute Gasteiger partial charge is 0.315 e. The number of nitrogens with one attached hydrogen (secondary N) is 1. The van der Waals surface area contributed by atoms with E-state index in [4.69, 9.17) is 0 Å². The predicted octanol–water partition coefficient (Wildman–Crippen LogP) is 2.83. The van der Waals surface area contributed by atoms with Crippen molar-refractivity contribution in [2.75, 3.05) is 26.2 Å². The lowest BCUT2D eigenvalue weighted by molar-refractivity contribution is 0.221. The van der Waals surface area contributed by atoms with Crippen LogP contribution in [0.25, 0.3) is 0 Å². The third-order valence-electron chi connectivity index (χ3n) is 2.67. The van der Waals surface area contributed by atoms with Crippen molar-refractivity contribution in [1.82, 2.24) is 10.2 Å². The molecular weight excluding hydrogens is 196 g/mol. The summed E-state index contributed by atoms with van der Waals surface area (Å²) >= 11 is 0. The maximum Gasteiger partial charge on any atom is 0.0227 e. The Morgan fingerprint density at radius 3 is 2.19 bits per heavy atom. The Morgan fingerprint density at radius 2 is 1.75 bits per heavy atom. The van der Waals surface area contributed by atoms with Crippen LogP contribution in [0.2, 0.25) is 0 Å². The molecule has 0 fully saturated rings. The van der Waals surface area contributed by atoms with Gasteiger partial charge in [-0.15, -0.1) is 13.2 Å². The number of rotatable bonds is 11. The fourth-order valence-electron chi connectivity index (χ4n) is 1.90. The summed E-state index contributed by atoms with van der Waals surface area (Å²) in [5, 5.41) is 3.51. The lowest BCUT2D eigenvalue weighted by Gasteiger charge is -2.30. The lowest BCUT2D eigenvalue weighted by atomic mass is 10.1. The van der Waals surface area contributed by atoms with Crippen LogP contribution in [0.15, 0.2) is 25.3 Å². The summed E-state index contributed by atoms with van der Waals surface area (Å²) in [5.74, 6) is 0. The van der Waals surface area contributed by atoms with E-state index >= 15 is 0 Å². The molecule has 1 N–H and O–H groups in total. The van der Waals surface area contributed by atoms with Gasteiger partial charge in [-0.3, -0.25) is 4.90 Å². The van der Waals surface area contributed by atoms with Crippen molar-refractivity contribution < 1.29 is 0 Å². The summed E-state index contributed by atoms with van der Waals surface area (Å²) < 4.78 is 0. The third kappa shape index (κ3) is 6.81. The average Bonchev–Trinajstić information content (AvgIpc) is 2.28. The molecule has 0 amide bonds. The highest BCUT2D eigenvalue weighted by Crippen LogP contribution is 2.06. The predicted molar refractivity (Wildman–Crippen MR) is 73.8 cm³/mol. The van der Waals surface area contributed by atoms with E-state index in [1.807, 2.05) is 12.2 Å². The Hall–Kier alpha value is -0.600. The molecule has 94 valence electrons. The summed E-state index contributed by atoms with van der Waals surface area (Å²) in [6, 6.07) is 0.604. The Balaban J connectivity index is 4.18. The Kier molecular flexibility index (Phi) is 10.5. The van der Waals surface area contributed by atoms with Crippen LogP contribution in [0.1, 0.15) is 33.1 Å². The number of nitrogens with zero attached hydrogens (tertiary/aromatic N) is 1. The summed E-state index contributed by atoms with van der Waals surface area (Å²) in [4.78, 5) is 2.44. The Bertz CT molecular complexity index is 168. The molecule has 0 saturated carbocycles. The second-order valence-corrected chi connectivity index (χ2v) is 4.18. The molecule has 0 saturated heterocycles. The van der Waals surface area contributed by atoms with E-state index in [-0.39, 0.29) is 0 Å². The van der Waals surface area contributed by atoms with Crippen molar-refractivity contribution in [2.24, 2.45) is 0 Å². The first kappa shape index (κ1) is 15.4. The van der Waals surface area contributed by atoms with Crippen molar-refractivity contribution in [3.8, 4) is 0 Å². The van der Waals surface area contributed by atoms with Crippen LogP contribution in [-0.4, -0.2) is 37.1 Å². The minimum absolute atomic E-state index is 0.604. The highest BCUT2D eigenvalue weighted by Gasteiger charge is 2.14. The molecule has 1 unspecified atom stereocenters. The van der Waals surface area contributed by atoms with Gasteiger partial charge in [-0.25, -0.2) is 0 Å². The van der Waals surface area contributed by atoms with Gasteiger partial charge < -0.3 is 5.32 Å². The standard InChI is InChI=1S/C14H28N2/c1-5-9-14(13-15-10-6-2)16(11-7-3)12-8-4/h7-8,14-15H,3-6,9-13H2,1-2H3. The second-order valence-electron chi connectivity index (χ2n) is 4.18. The van der Waals surface area contributed by atoms with E-state index in [9.17, 15) is 0 Å². The van der Waals surface area contributed by atoms with E-state index in [0.29, 0.717) is 6.04 Å². The van der Waals surface area contributed by atoms with Crippen LogP contribution >= 0.6 is 0 Å². The molecule has 0 heterocycles. The van der Waals surface area contributed by atoms with Gasteiger partial charge in [-0.1, -0.05) is 32.4 Å². The zero-order valence-electron chi connectivity index (χ0n) is 11.0. The van der Waals surface area contributed by atoms with E-state index in [0.717, 1.165) is 26.2 Å². The van der Waals surface area contributed by atoms with Gasteiger partial charge in [0.25, 0.3) is 0 Å². The van der Waals surface area contributed by atoms with Gasteiger partial charge >= 0.3 is 0 Å². The fraction of sp³-hybridized carbons (Fsp3) is 0.714. The molecule has 0 aromatic carbocycles. The maximum atomic E-state index is 3.83. The van der Waals surface area contributed by atoms with Gasteiger partial charge in [0.1, 0.15) is 0 Å². The highest BCUT2D eigenvalue weighted by atomic mass is 15.2. The van der Waals surface area contributed by atoms with E-state index in [1.165, 1.54) is 19.3 Å². The molecule has 2 nitrogen and oxygen atoms in total. The molecule has 0 aliphatic heterocycles. The van der Waals surface area contributed by atoms with E-state index < -0.39 is 0 Å². The molecule has 0 aromatic heterocycles. The molecule has 0 spiro atoms. The van der Waals surface area contributed by atoms with Gasteiger partial charge in [0.15, 0.2) is 0 Å². The van der Waals surface area contributed by atoms with Crippen LogP contribution in [0.3, 0.4) is 0 Å². The highest BCUT2D eigenvalue weighted by molar-refractivity contribution is 4.85. The first-order valence-electron chi connectivity index (χ1n) is 6.46. The van der Waals surface area contributed by atoms with Gasteiger partial charge in [0.05, 0.1) is 0 Å². The molecular formula is C14H28N2.